The van der Waals surface area contributed by atoms with Crippen molar-refractivity contribution in [1.29, 1.82) is 0 Å². The van der Waals surface area contributed by atoms with Gasteiger partial charge in [0.05, 0.1) is 0 Å². The fourth-order valence-electron chi connectivity index (χ4n) is 10.5. The van der Waals surface area contributed by atoms with E-state index in [-0.39, 0.29) is 31.1 Å². The second kappa shape index (κ2) is 65.4. The van der Waals surface area contributed by atoms with Crippen molar-refractivity contribution in [1.82, 2.24) is 0 Å². The standard InChI is InChI=1S/C70H132O6/c1-4-7-10-13-16-19-22-25-28-29-30-31-32-33-34-35-36-37-38-39-40-43-45-48-51-54-57-60-63-69(72)75-66-67(76-70(73)64-61-58-55-52-49-46-42-27-24-21-18-15-12-9-6-3)65-74-68(71)62-59-56-53-50-47-44-41-26-23-20-17-14-11-8-5-2/h18,21,27,42,67H,4-17,19-20,22-26,28-41,43-66H2,1-3H3/b21-18-,42-27-. The molecule has 0 spiro atoms. The lowest BCUT2D eigenvalue weighted by Crippen LogP contribution is -2.30. The molecule has 0 N–H and O–H groups in total. The Labute approximate surface area is 474 Å². The third-order valence-electron chi connectivity index (χ3n) is 15.7. The molecule has 0 aliphatic carbocycles. The summed E-state index contributed by atoms with van der Waals surface area (Å²) < 4.78 is 17.0. The summed E-state index contributed by atoms with van der Waals surface area (Å²) in [7, 11) is 0. The maximum absolute atomic E-state index is 12.9. The molecule has 0 aromatic heterocycles. The summed E-state index contributed by atoms with van der Waals surface area (Å²) in [6.07, 6.45) is 79.2. The van der Waals surface area contributed by atoms with Crippen molar-refractivity contribution < 1.29 is 28.6 Å². The van der Waals surface area contributed by atoms with Crippen LogP contribution in [0, 0.1) is 0 Å². The van der Waals surface area contributed by atoms with Crippen LogP contribution in [0.25, 0.3) is 0 Å². The SMILES string of the molecule is CCCCC/C=C\C/C=C\CCCCCCCC(=O)OC(COC(=O)CCCCCCCCCCCCCCCCC)COC(=O)CCCCCCCCCCCCCCCCCCCCCCCCCCCCCC. The fourth-order valence-corrected chi connectivity index (χ4v) is 10.5. The van der Waals surface area contributed by atoms with Gasteiger partial charge in [-0.05, 0) is 51.4 Å². The molecule has 0 saturated heterocycles. The van der Waals surface area contributed by atoms with Crippen LogP contribution in [0.5, 0.6) is 0 Å². The highest BCUT2D eigenvalue weighted by molar-refractivity contribution is 5.71. The van der Waals surface area contributed by atoms with Crippen LogP contribution in [-0.4, -0.2) is 37.2 Å². The average molecular weight is 1070 g/mol. The van der Waals surface area contributed by atoms with E-state index in [4.69, 9.17) is 14.2 Å². The Bertz CT molecular complexity index is 1230. The van der Waals surface area contributed by atoms with Gasteiger partial charge in [0.2, 0.25) is 0 Å². The zero-order valence-electron chi connectivity index (χ0n) is 51.6. The van der Waals surface area contributed by atoms with Crippen LogP contribution in [-0.2, 0) is 28.6 Å². The maximum Gasteiger partial charge on any atom is 0.306 e. The lowest BCUT2D eigenvalue weighted by atomic mass is 10.0. The van der Waals surface area contributed by atoms with Gasteiger partial charge in [0.1, 0.15) is 13.2 Å². The number of ether oxygens (including phenoxy) is 3. The van der Waals surface area contributed by atoms with Crippen LogP contribution in [0.3, 0.4) is 0 Å². The van der Waals surface area contributed by atoms with Crippen molar-refractivity contribution in [3.05, 3.63) is 24.3 Å². The van der Waals surface area contributed by atoms with E-state index in [1.165, 1.54) is 270 Å². The van der Waals surface area contributed by atoms with E-state index in [9.17, 15) is 14.4 Å². The first-order chi connectivity index (χ1) is 37.5. The molecule has 0 aliphatic heterocycles. The Morgan fingerprint density at radius 2 is 0.474 bits per heavy atom. The van der Waals surface area contributed by atoms with Crippen LogP contribution in [0.1, 0.15) is 387 Å². The number of carbonyl (C=O) groups excluding carboxylic acids is 3. The number of carbonyl (C=O) groups is 3. The molecule has 0 fully saturated rings. The molecule has 0 aromatic carbocycles. The molecule has 1 atom stereocenters. The van der Waals surface area contributed by atoms with Gasteiger partial charge < -0.3 is 14.2 Å². The summed E-state index contributed by atoms with van der Waals surface area (Å²) >= 11 is 0. The number of hydrogen-bond acceptors (Lipinski definition) is 6. The molecule has 76 heavy (non-hydrogen) atoms. The molecule has 448 valence electrons. The van der Waals surface area contributed by atoms with E-state index in [0.717, 1.165) is 77.0 Å². The number of allylic oxidation sites excluding steroid dienone is 4. The number of rotatable bonds is 64. The molecule has 0 heterocycles. The third-order valence-corrected chi connectivity index (χ3v) is 15.7. The van der Waals surface area contributed by atoms with Crippen LogP contribution < -0.4 is 0 Å². The van der Waals surface area contributed by atoms with Crippen molar-refractivity contribution in [3.63, 3.8) is 0 Å². The highest BCUT2D eigenvalue weighted by Crippen LogP contribution is 2.19. The zero-order chi connectivity index (χ0) is 55.0. The first-order valence-electron chi connectivity index (χ1n) is 34.3. The number of hydrogen-bond donors (Lipinski definition) is 0. The van der Waals surface area contributed by atoms with Crippen LogP contribution in [0.2, 0.25) is 0 Å². The Morgan fingerprint density at radius 3 is 0.750 bits per heavy atom. The molecule has 0 amide bonds. The minimum absolute atomic E-state index is 0.0709. The Balaban J connectivity index is 4.17. The van der Waals surface area contributed by atoms with Gasteiger partial charge in [-0.15, -0.1) is 0 Å². The first-order valence-corrected chi connectivity index (χ1v) is 34.3. The van der Waals surface area contributed by atoms with E-state index in [0.29, 0.717) is 19.3 Å². The minimum atomic E-state index is -0.775. The second-order valence-corrected chi connectivity index (χ2v) is 23.5. The monoisotopic (exact) mass is 1070 g/mol. The van der Waals surface area contributed by atoms with Crippen molar-refractivity contribution in [2.24, 2.45) is 0 Å². The molecule has 6 heteroatoms. The van der Waals surface area contributed by atoms with Gasteiger partial charge >= 0.3 is 17.9 Å². The number of unbranched alkanes of at least 4 members (excludes halogenated alkanes) is 49. The maximum atomic E-state index is 12.9. The summed E-state index contributed by atoms with van der Waals surface area (Å²) in [6, 6.07) is 0. The highest BCUT2D eigenvalue weighted by atomic mass is 16.6. The fraction of sp³-hybridized carbons (Fsp3) is 0.900. The zero-order valence-corrected chi connectivity index (χ0v) is 51.6. The summed E-state index contributed by atoms with van der Waals surface area (Å²) in [6.45, 7) is 6.68. The normalized spacial score (nSPS) is 12.1. The lowest BCUT2D eigenvalue weighted by Gasteiger charge is -2.18. The van der Waals surface area contributed by atoms with E-state index in [2.05, 4.69) is 45.1 Å². The molecular formula is C70H132O6. The van der Waals surface area contributed by atoms with Gasteiger partial charge in [-0.3, -0.25) is 14.4 Å². The quantitative estimate of drug-likeness (QED) is 0.0261. The van der Waals surface area contributed by atoms with Crippen molar-refractivity contribution in [2.75, 3.05) is 13.2 Å². The molecule has 1 unspecified atom stereocenters. The first kappa shape index (κ1) is 73.9. The summed E-state index contributed by atoms with van der Waals surface area (Å²) in [4.78, 5) is 38.3. The molecule has 6 nitrogen and oxygen atoms in total. The number of esters is 3. The van der Waals surface area contributed by atoms with Crippen molar-refractivity contribution >= 4 is 17.9 Å². The molecule has 0 rings (SSSR count). The van der Waals surface area contributed by atoms with E-state index >= 15 is 0 Å². The second-order valence-electron chi connectivity index (χ2n) is 23.5. The summed E-state index contributed by atoms with van der Waals surface area (Å²) in [5.74, 6) is -0.855. The van der Waals surface area contributed by atoms with Crippen molar-refractivity contribution in [2.45, 2.75) is 393 Å². The molecule has 0 saturated carbocycles. The average Bonchev–Trinajstić information content (AvgIpc) is 3.42. The molecule has 0 radical (unpaired) electrons. The Hall–Kier alpha value is -2.11. The third kappa shape index (κ3) is 62.7. The molecule has 0 aromatic rings. The Morgan fingerprint density at radius 1 is 0.263 bits per heavy atom. The summed E-state index contributed by atoms with van der Waals surface area (Å²) in [5.41, 5.74) is 0. The predicted molar refractivity (Wildman–Crippen MR) is 330 cm³/mol. The molecule has 0 aliphatic rings. The highest BCUT2D eigenvalue weighted by Gasteiger charge is 2.19. The molecule has 0 bridgehead atoms. The van der Waals surface area contributed by atoms with E-state index in [1.54, 1.807) is 0 Å². The van der Waals surface area contributed by atoms with Crippen LogP contribution >= 0.6 is 0 Å². The van der Waals surface area contributed by atoms with Crippen LogP contribution in [0.4, 0.5) is 0 Å². The van der Waals surface area contributed by atoms with Crippen LogP contribution in [0.15, 0.2) is 24.3 Å². The smallest absolute Gasteiger partial charge is 0.306 e. The topological polar surface area (TPSA) is 78.9 Å². The van der Waals surface area contributed by atoms with Gasteiger partial charge in [-0.25, -0.2) is 0 Å². The van der Waals surface area contributed by atoms with E-state index < -0.39 is 6.10 Å². The van der Waals surface area contributed by atoms with Gasteiger partial charge in [0.25, 0.3) is 0 Å². The van der Waals surface area contributed by atoms with Gasteiger partial charge in [0.15, 0.2) is 6.10 Å². The largest absolute Gasteiger partial charge is 0.462 e. The van der Waals surface area contributed by atoms with E-state index in [1.807, 2.05) is 0 Å². The predicted octanol–water partition coefficient (Wildman–Crippen LogP) is 23.4. The lowest BCUT2D eigenvalue weighted by molar-refractivity contribution is -0.167. The van der Waals surface area contributed by atoms with Crippen molar-refractivity contribution in [3.8, 4) is 0 Å². The minimum Gasteiger partial charge on any atom is -0.462 e. The Kier molecular flexibility index (Phi) is 63.6. The van der Waals surface area contributed by atoms with Gasteiger partial charge in [-0.1, -0.05) is 340 Å². The van der Waals surface area contributed by atoms with Gasteiger partial charge in [0, 0.05) is 19.3 Å². The molecular weight excluding hydrogens is 937 g/mol. The van der Waals surface area contributed by atoms with Gasteiger partial charge in [-0.2, -0.15) is 0 Å². The summed E-state index contributed by atoms with van der Waals surface area (Å²) in [5, 5.41) is 0.